The highest BCUT2D eigenvalue weighted by Crippen LogP contribution is 2.29. The number of nitrogens with zero attached hydrogens (tertiary/aromatic N) is 2. The predicted octanol–water partition coefficient (Wildman–Crippen LogP) is 4.59. The smallest absolute Gasteiger partial charge is 0.124 e. The van der Waals surface area contributed by atoms with Crippen molar-refractivity contribution >= 4 is 23.1 Å². The molecule has 0 N–H and O–H groups in total. The Balaban J connectivity index is 1.92. The van der Waals surface area contributed by atoms with Crippen molar-refractivity contribution in [2.24, 2.45) is 0 Å². The number of pyridine rings is 1. The van der Waals surface area contributed by atoms with E-state index in [1.165, 1.54) is 4.90 Å². The van der Waals surface area contributed by atoms with Gasteiger partial charge in [0.15, 0.2) is 0 Å². The third-order valence-electron chi connectivity index (χ3n) is 2.77. The molecule has 0 amide bonds. The normalized spacial score (nSPS) is 10.6. The lowest BCUT2D eigenvalue weighted by atomic mass is 10.2. The first-order valence-electron chi connectivity index (χ1n) is 5.88. The lowest BCUT2D eigenvalue weighted by Crippen LogP contribution is -1.82. The SMILES string of the molecule is CSc1ccc(-c2nc(-c3ccccn3)cs2)cc1. The molecule has 3 rings (SSSR count). The summed E-state index contributed by atoms with van der Waals surface area (Å²) in [5.41, 5.74) is 3.02. The summed E-state index contributed by atoms with van der Waals surface area (Å²) >= 11 is 3.40. The summed E-state index contributed by atoms with van der Waals surface area (Å²) < 4.78 is 0. The lowest BCUT2D eigenvalue weighted by Gasteiger charge is -1.98. The van der Waals surface area contributed by atoms with Crippen LogP contribution in [0.1, 0.15) is 0 Å². The Labute approximate surface area is 120 Å². The fraction of sp³-hybridized carbons (Fsp3) is 0.0667. The van der Waals surface area contributed by atoms with E-state index in [0.717, 1.165) is 22.0 Å². The van der Waals surface area contributed by atoms with Crippen molar-refractivity contribution < 1.29 is 0 Å². The standard InChI is InChI=1S/C15H12N2S2/c1-18-12-7-5-11(6-8-12)15-17-14(10-19-15)13-4-2-3-9-16-13/h2-10H,1H3. The van der Waals surface area contributed by atoms with Gasteiger partial charge in [-0.15, -0.1) is 23.1 Å². The Morgan fingerprint density at radius 2 is 1.84 bits per heavy atom. The average Bonchev–Trinajstić information content (AvgIpc) is 2.98. The van der Waals surface area contributed by atoms with Crippen LogP contribution in [0.3, 0.4) is 0 Å². The van der Waals surface area contributed by atoms with Crippen molar-refractivity contribution in [2.45, 2.75) is 4.90 Å². The summed E-state index contributed by atoms with van der Waals surface area (Å²) in [5.74, 6) is 0. The maximum Gasteiger partial charge on any atom is 0.124 e. The second kappa shape index (κ2) is 5.55. The maximum absolute atomic E-state index is 4.66. The van der Waals surface area contributed by atoms with Gasteiger partial charge in [-0.3, -0.25) is 4.98 Å². The van der Waals surface area contributed by atoms with E-state index in [1.54, 1.807) is 29.3 Å². The van der Waals surface area contributed by atoms with Crippen LogP contribution in [0.2, 0.25) is 0 Å². The maximum atomic E-state index is 4.66. The molecular weight excluding hydrogens is 272 g/mol. The number of benzene rings is 1. The van der Waals surface area contributed by atoms with E-state index < -0.39 is 0 Å². The molecule has 4 heteroatoms. The highest BCUT2D eigenvalue weighted by molar-refractivity contribution is 7.98. The number of hydrogen-bond donors (Lipinski definition) is 0. The Morgan fingerprint density at radius 1 is 1.00 bits per heavy atom. The van der Waals surface area contributed by atoms with Gasteiger partial charge in [0.05, 0.1) is 5.69 Å². The molecule has 1 aromatic carbocycles. The molecular formula is C15H12N2S2. The van der Waals surface area contributed by atoms with Crippen molar-refractivity contribution in [1.82, 2.24) is 9.97 Å². The van der Waals surface area contributed by atoms with Gasteiger partial charge in [0, 0.05) is 22.0 Å². The molecule has 0 aliphatic rings. The topological polar surface area (TPSA) is 25.8 Å². The Kier molecular flexibility index (Phi) is 3.62. The number of hydrogen-bond acceptors (Lipinski definition) is 4. The van der Waals surface area contributed by atoms with E-state index in [9.17, 15) is 0 Å². The summed E-state index contributed by atoms with van der Waals surface area (Å²) in [4.78, 5) is 10.2. The molecule has 94 valence electrons. The summed E-state index contributed by atoms with van der Waals surface area (Å²) in [7, 11) is 0. The highest BCUT2D eigenvalue weighted by atomic mass is 32.2. The minimum absolute atomic E-state index is 0.922. The van der Waals surface area contributed by atoms with Crippen molar-refractivity contribution in [3.63, 3.8) is 0 Å². The second-order valence-electron chi connectivity index (χ2n) is 3.98. The zero-order valence-electron chi connectivity index (χ0n) is 10.4. The van der Waals surface area contributed by atoms with Gasteiger partial charge in [0.1, 0.15) is 10.7 Å². The lowest BCUT2D eigenvalue weighted by molar-refractivity contribution is 1.28. The molecule has 0 unspecified atom stereocenters. The van der Waals surface area contributed by atoms with Gasteiger partial charge in [0.25, 0.3) is 0 Å². The molecule has 3 aromatic rings. The first kappa shape index (κ1) is 12.4. The van der Waals surface area contributed by atoms with Crippen LogP contribution in [0.25, 0.3) is 22.0 Å². The monoisotopic (exact) mass is 284 g/mol. The summed E-state index contributed by atoms with van der Waals surface area (Å²) in [6, 6.07) is 14.4. The van der Waals surface area contributed by atoms with Crippen LogP contribution in [-0.2, 0) is 0 Å². The zero-order valence-corrected chi connectivity index (χ0v) is 12.0. The molecule has 0 bridgehead atoms. The Hall–Kier alpha value is -1.65. The van der Waals surface area contributed by atoms with E-state index in [2.05, 4.69) is 45.9 Å². The highest BCUT2D eigenvalue weighted by Gasteiger charge is 2.07. The van der Waals surface area contributed by atoms with Crippen molar-refractivity contribution in [1.29, 1.82) is 0 Å². The minimum atomic E-state index is 0.922. The van der Waals surface area contributed by atoms with Crippen molar-refractivity contribution in [2.75, 3.05) is 6.26 Å². The molecule has 2 heterocycles. The summed E-state index contributed by atoms with van der Waals surface area (Å²) in [6.45, 7) is 0. The molecule has 0 saturated carbocycles. The first-order chi connectivity index (χ1) is 9.36. The molecule has 0 spiro atoms. The minimum Gasteiger partial charge on any atom is -0.255 e. The van der Waals surface area contributed by atoms with E-state index >= 15 is 0 Å². The van der Waals surface area contributed by atoms with Gasteiger partial charge in [-0.05, 0) is 30.5 Å². The van der Waals surface area contributed by atoms with E-state index in [4.69, 9.17) is 0 Å². The largest absolute Gasteiger partial charge is 0.255 e. The first-order valence-corrected chi connectivity index (χ1v) is 7.98. The summed E-state index contributed by atoms with van der Waals surface area (Å²) in [5, 5.41) is 3.09. The molecule has 0 saturated heterocycles. The van der Waals surface area contributed by atoms with Gasteiger partial charge >= 0.3 is 0 Å². The third kappa shape index (κ3) is 2.69. The average molecular weight is 284 g/mol. The van der Waals surface area contributed by atoms with Crippen LogP contribution in [0.4, 0.5) is 0 Å². The third-order valence-corrected chi connectivity index (χ3v) is 4.40. The van der Waals surface area contributed by atoms with Gasteiger partial charge in [0.2, 0.25) is 0 Å². The molecule has 0 radical (unpaired) electrons. The fourth-order valence-corrected chi connectivity index (χ4v) is 3.00. The van der Waals surface area contributed by atoms with Crippen LogP contribution in [-0.4, -0.2) is 16.2 Å². The van der Waals surface area contributed by atoms with Crippen LogP contribution in [0.5, 0.6) is 0 Å². The van der Waals surface area contributed by atoms with Crippen LogP contribution < -0.4 is 0 Å². The zero-order chi connectivity index (χ0) is 13.1. The van der Waals surface area contributed by atoms with Crippen LogP contribution in [0.15, 0.2) is 58.9 Å². The number of rotatable bonds is 3. The van der Waals surface area contributed by atoms with E-state index in [0.29, 0.717) is 0 Å². The Morgan fingerprint density at radius 3 is 2.53 bits per heavy atom. The van der Waals surface area contributed by atoms with Gasteiger partial charge in [-0.1, -0.05) is 18.2 Å². The quantitative estimate of drug-likeness (QED) is 0.658. The number of thioether (sulfide) groups is 1. The number of thiazole rings is 1. The molecule has 0 atom stereocenters. The fourth-order valence-electron chi connectivity index (χ4n) is 1.77. The van der Waals surface area contributed by atoms with E-state index in [1.807, 2.05) is 18.2 Å². The predicted molar refractivity (Wildman–Crippen MR) is 82.6 cm³/mol. The van der Waals surface area contributed by atoms with Gasteiger partial charge in [-0.25, -0.2) is 4.98 Å². The molecule has 0 fully saturated rings. The van der Waals surface area contributed by atoms with E-state index in [-0.39, 0.29) is 0 Å². The van der Waals surface area contributed by atoms with Crippen LogP contribution in [0, 0.1) is 0 Å². The molecule has 2 nitrogen and oxygen atoms in total. The van der Waals surface area contributed by atoms with Gasteiger partial charge < -0.3 is 0 Å². The Bertz CT molecular complexity index is 660. The molecule has 0 aliphatic carbocycles. The second-order valence-corrected chi connectivity index (χ2v) is 5.72. The van der Waals surface area contributed by atoms with Crippen molar-refractivity contribution in [3.05, 3.63) is 54.0 Å². The van der Waals surface area contributed by atoms with Gasteiger partial charge in [-0.2, -0.15) is 0 Å². The molecule has 2 aromatic heterocycles. The van der Waals surface area contributed by atoms with Crippen LogP contribution >= 0.6 is 23.1 Å². The molecule has 0 aliphatic heterocycles. The van der Waals surface area contributed by atoms with Crippen molar-refractivity contribution in [3.8, 4) is 22.0 Å². The summed E-state index contributed by atoms with van der Waals surface area (Å²) in [6.07, 6.45) is 3.87. The molecule has 19 heavy (non-hydrogen) atoms. The number of aromatic nitrogens is 2.